The molecule has 0 bridgehead atoms. The summed E-state index contributed by atoms with van der Waals surface area (Å²) in [5, 5.41) is 3.80. The van der Waals surface area contributed by atoms with Crippen LogP contribution >= 0.6 is 11.6 Å². The molecule has 166 valence electrons. The number of para-hydroxylation sites is 2. The SMILES string of the molecule is COc1cc(CNCCCc2nc3ccccc3[nH]2)ccc1OCc1ccc(F)cc1Cl. The van der Waals surface area contributed by atoms with Crippen molar-refractivity contribution in [3.63, 3.8) is 0 Å². The van der Waals surface area contributed by atoms with Gasteiger partial charge in [0.25, 0.3) is 0 Å². The highest BCUT2D eigenvalue weighted by Crippen LogP contribution is 2.29. The molecule has 0 aliphatic rings. The van der Waals surface area contributed by atoms with Gasteiger partial charge in [0.1, 0.15) is 18.2 Å². The number of ether oxygens (including phenoxy) is 2. The first-order valence-corrected chi connectivity index (χ1v) is 10.9. The molecular weight excluding hydrogens is 429 g/mol. The third-order valence-electron chi connectivity index (χ3n) is 5.16. The van der Waals surface area contributed by atoms with Gasteiger partial charge in [-0.15, -0.1) is 0 Å². The summed E-state index contributed by atoms with van der Waals surface area (Å²) in [7, 11) is 1.61. The lowest BCUT2D eigenvalue weighted by atomic mass is 10.2. The number of aromatic nitrogens is 2. The Bertz CT molecular complexity index is 1160. The Morgan fingerprint density at radius 3 is 2.75 bits per heavy atom. The van der Waals surface area contributed by atoms with Gasteiger partial charge in [0.05, 0.1) is 23.2 Å². The van der Waals surface area contributed by atoms with E-state index in [-0.39, 0.29) is 12.4 Å². The summed E-state index contributed by atoms with van der Waals surface area (Å²) >= 11 is 6.07. The molecule has 1 aromatic heterocycles. The molecular formula is C25H25ClFN3O2. The molecule has 4 rings (SSSR count). The van der Waals surface area contributed by atoms with E-state index in [9.17, 15) is 4.39 Å². The Balaban J connectivity index is 1.25. The van der Waals surface area contributed by atoms with Crippen LogP contribution in [0.1, 0.15) is 23.4 Å². The highest BCUT2D eigenvalue weighted by molar-refractivity contribution is 6.31. The zero-order valence-corrected chi connectivity index (χ0v) is 18.6. The fourth-order valence-corrected chi connectivity index (χ4v) is 3.69. The summed E-state index contributed by atoms with van der Waals surface area (Å²) in [5.74, 6) is 1.90. The Morgan fingerprint density at radius 2 is 1.94 bits per heavy atom. The molecule has 1 heterocycles. The van der Waals surface area contributed by atoms with Crippen LogP contribution in [0.25, 0.3) is 11.0 Å². The van der Waals surface area contributed by atoms with Crippen LogP contribution in [0.15, 0.2) is 60.7 Å². The molecule has 5 nitrogen and oxygen atoms in total. The van der Waals surface area contributed by atoms with Gasteiger partial charge in [0.15, 0.2) is 11.5 Å². The number of hydrogen-bond donors (Lipinski definition) is 2. The summed E-state index contributed by atoms with van der Waals surface area (Å²) in [6.07, 6.45) is 1.88. The van der Waals surface area contributed by atoms with Gasteiger partial charge in [0.2, 0.25) is 0 Å². The predicted octanol–water partition coefficient (Wildman–Crippen LogP) is 5.67. The summed E-state index contributed by atoms with van der Waals surface area (Å²) < 4.78 is 24.5. The monoisotopic (exact) mass is 453 g/mol. The van der Waals surface area contributed by atoms with Crippen LogP contribution < -0.4 is 14.8 Å². The number of fused-ring (bicyclic) bond motifs is 1. The molecule has 0 aliphatic heterocycles. The van der Waals surface area contributed by atoms with E-state index >= 15 is 0 Å². The Kier molecular flexibility index (Phi) is 7.24. The topological polar surface area (TPSA) is 59.2 Å². The maximum Gasteiger partial charge on any atom is 0.161 e. The van der Waals surface area contributed by atoms with Gasteiger partial charge >= 0.3 is 0 Å². The molecule has 0 fully saturated rings. The number of rotatable bonds is 10. The van der Waals surface area contributed by atoms with Gasteiger partial charge in [-0.3, -0.25) is 0 Å². The number of aromatic amines is 1. The molecule has 0 aliphatic carbocycles. The molecule has 4 aromatic rings. The predicted molar refractivity (Wildman–Crippen MR) is 125 cm³/mol. The minimum absolute atomic E-state index is 0.231. The second-order valence-electron chi connectivity index (χ2n) is 7.49. The molecule has 7 heteroatoms. The molecule has 0 unspecified atom stereocenters. The van der Waals surface area contributed by atoms with Crippen molar-refractivity contribution in [3.8, 4) is 11.5 Å². The van der Waals surface area contributed by atoms with Crippen molar-refractivity contribution < 1.29 is 13.9 Å². The third kappa shape index (κ3) is 5.58. The number of methoxy groups -OCH3 is 1. The van der Waals surface area contributed by atoms with Gasteiger partial charge in [-0.2, -0.15) is 0 Å². The zero-order chi connectivity index (χ0) is 22.3. The minimum Gasteiger partial charge on any atom is -0.493 e. The Labute approximate surface area is 191 Å². The van der Waals surface area contributed by atoms with Gasteiger partial charge in [-0.1, -0.05) is 35.9 Å². The van der Waals surface area contributed by atoms with E-state index in [0.717, 1.165) is 48.4 Å². The fraction of sp³-hybridized carbons (Fsp3) is 0.240. The number of hydrogen-bond acceptors (Lipinski definition) is 4. The lowest BCUT2D eigenvalue weighted by molar-refractivity contribution is 0.284. The number of H-pyrrole nitrogens is 1. The highest BCUT2D eigenvalue weighted by atomic mass is 35.5. The van der Waals surface area contributed by atoms with Crippen molar-refractivity contribution in [1.82, 2.24) is 15.3 Å². The average molecular weight is 454 g/mol. The normalized spacial score (nSPS) is 11.1. The van der Waals surface area contributed by atoms with Gasteiger partial charge < -0.3 is 19.8 Å². The summed E-state index contributed by atoms with van der Waals surface area (Å²) in [6, 6.07) is 18.2. The number of nitrogens with zero attached hydrogens (tertiary/aromatic N) is 1. The molecule has 0 saturated heterocycles. The first kappa shape index (κ1) is 22.1. The maximum absolute atomic E-state index is 13.2. The van der Waals surface area contributed by atoms with Crippen LogP contribution in [0.5, 0.6) is 11.5 Å². The fourth-order valence-electron chi connectivity index (χ4n) is 3.47. The first-order valence-electron chi connectivity index (χ1n) is 10.5. The lowest BCUT2D eigenvalue weighted by Crippen LogP contribution is -2.15. The highest BCUT2D eigenvalue weighted by Gasteiger charge is 2.09. The second kappa shape index (κ2) is 10.5. The van der Waals surface area contributed by atoms with E-state index in [2.05, 4.69) is 15.3 Å². The molecule has 0 spiro atoms. The van der Waals surface area contributed by atoms with Crippen molar-refractivity contribution in [2.75, 3.05) is 13.7 Å². The number of imidazole rings is 1. The average Bonchev–Trinajstić information content (AvgIpc) is 3.21. The molecule has 0 atom stereocenters. The van der Waals surface area contributed by atoms with E-state index in [1.807, 2.05) is 42.5 Å². The molecule has 2 N–H and O–H groups in total. The molecule has 32 heavy (non-hydrogen) atoms. The molecule has 3 aromatic carbocycles. The van der Waals surface area contributed by atoms with Crippen LogP contribution in [0.2, 0.25) is 5.02 Å². The van der Waals surface area contributed by atoms with E-state index in [1.54, 1.807) is 13.2 Å². The zero-order valence-electron chi connectivity index (χ0n) is 17.8. The second-order valence-corrected chi connectivity index (χ2v) is 7.90. The maximum atomic E-state index is 13.2. The van der Waals surface area contributed by atoms with Crippen molar-refractivity contribution >= 4 is 22.6 Å². The van der Waals surface area contributed by atoms with Crippen LogP contribution in [0.3, 0.4) is 0 Å². The van der Waals surface area contributed by atoms with E-state index in [4.69, 9.17) is 21.1 Å². The van der Waals surface area contributed by atoms with Gasteiger partial charge in [0, 0.05) is 18.5 Å². The van der Waals surface area contributed by atoms with Crippen LogP contribution in [0.4, 0.5) is 4.39 Å². The van der Waals surface area contributed by atoms with Gasteiger partial charge in [-0.05, 0) is 54.9 Å². The van der Waals surface area contributed by atoms with Crippen LogP contribution in [0, 0.1) is 5.82 Å². The van der Waals surface area contributed by atoms with Crippen LogP contribution in [-0.4, -0.2) is 23.6 Å². The number of aryl methyl sites for hydroxylation is 1. The molecule has 0 saturated carbocycles. The Hall–Kier alpha value is -3.09. The van der Waals surface area contributed by atoms with Crippen molar-refractivity contribution in [1.29, 1.82) is 0 Å². The van der Waals surface area contributed by atoms with Crippen molar-refractivity contribution in [2.45, 2.75) is 26.0 Å². The molecule has 0 radical (unpaired) electrons. The van der Waals surface area contributed by atoms with E-state index < -0.39 is 0 Å². The Morgan fingerprint density at radius 1 is 1.06 bits per heavy atom. The smallest absolute Gasteiger partial charge is 0.161 e. The number of benzene rings is 3. The summed E-state index contributed by atoms with van der Waals surface area (Å²) in [4.78, 5) is 7.97. The van der Waals surface area contributed by atoms with Crippen molar-refractivity contribution in [3.05, 3.63) is 88.5 Å². The van der Waals surface area contributed by atoms with E-state index in [1.165, 1.54) is 12.1 Å². The summed E-state index contributed by atoms with van der Waals surface area (Å²) in [5.41, 5.74) is 3.89. The number of nitrogens with one attached hydrogen (secondary N) is 2. The first-order chi connectivity index (χ1) is 15.6. The quantitative estimate of drug-likeness (QED) is 0.304. The standard InChI is InChI=1S/C25H25ClFN3O2/c1-31-24-13-17(8-11-23(24)32-16-18-9-10-19(27)14-20(18)26)15-28-12-4-7-25-29-21-5-2-3-6-22(21)30-25/h2-3,5-6,8-11,13-14,28H,4,7,12,15-16H2,1H3,(H,29,30). The van der Waals surface area contributed by atoms with Gasteiger partial charge in [-0.25, -0.2) is 9.37 Å². The lowest BCUT2D eigenvalue weighted by Gasteiger charge is -2.13. The summed E-state index contributed by atoms with van der Waals surface area (Å²) in [6.45, 7) is 1.83. The van der Waals surface area contributed by atoms with Crippen molar-refractivity contribution in [2.24, 2.45) is 0 Å². The molecule has 0 amide bonds. The minimum atomic E-state index is -0.370. The van der Waals surface area contributed by atoms with E-state index in [0.29, 0.717) is 22.1 Å². The van der Waals surface area contributed by atoms with Crippen LogP contribution in [-0.2, 0) is 19.6 Å². The largest absolute Gasteiger partial charge is 0.493 e. The number of halogens is 2. The third-order valence-corrected chi connectivity index (χ3v) is 5.51.